The number of aliphatic hydroxyl groups excluding tert-OH is 2. The standard InChI is InChI=1S/C12H23NO2/c14-9-3-5-10-4-2-8-13(10)11-6-1-7-12(11)15/h10-12,14-15H,1-9H2/t10?,11-,12-/m0/s1. The summed E-state index contributed by atoms with van der Waals surface area (Å²) in [6.45, 7) is 1.45. The lowest BCUT2D eigenvalue weighted by Gasteiger charge is -2.32. The van der Waals surface area contributed by atoms with E-state index >= 15 is 0 Å². The van der Waals surface area contributed by atoms with Crippen LogP contribution in [-0.2, 0) is 0 Å². The van der Waals surface area contributed by atoms with Gasteiger partial charge in [0.1, 0.15) is 0 Å². The maximum absolute atomic E-state index is 9.90. The van der Waals surface area contributed by atoms with Crippen LogP contribution in [0, 0.1) is 0 Å². The zero-order valence-electron chi connectivity index (χ0n) is 9.44. The van der Waals surface area contributed by atoms with Gasteiger partial charge in [0.15, 0.2) is 0 Å². The van der Waals surface area contributed by atoms with Crippen LogP contribution < -0.4 is 0 Å². The lowest BCUT2D eigenvalue weighted by Crippen LogP contribution is -2.43. The van der Waals surface area contributed by atoms with Gasteiger partial charge in [-0.2, -0.15) is 0 Å². The molecule has 1 aliphatic carbocycles. The van der Waals surface area contributed by atoms with Crippen LogP contribution in [0.15, 0.2) is 0 Å². The van der Waals surface area contributed by atoms with Crippen LogP contribution in [0.25, 0.3) is 0 Å². The predicted molar refractivity (Wildman–Crippen MR) is 59.7 cm³/mol. The fraction of sp³-hybridized carbons (Fsp3) is 1.00. The number of hydrogen-bond donors (Lipinski definition) is 2. The largest absolute Gasteiger partial charge is 0.396 e. The van der Waals surface area contributed by atoms with Crippen LogP contribution in [-0.4, -0.2) is 46.5 Å². The highest BCUT2D eigenvalue weighted by atomic mass is 16.3. The maximum Gasteiger partial charge on any atom is 0.0695 e. The third-order valence-electron chi connectivity index (χ3n) is 3.99. The van der Waals surface area contributed by atoms with Gasteiger partial charge >= 0.3 is 0 Å². The highest BCUT2D eigenvalue weighted by Crippen LogP contribution is 2.31. The van der Waals surface area contributed by atoms with Crippen molar-refractivity contribution in [3.05, 3.63) is 0 Å². The van der Waals surface area contributed by atoms with Gasteiger partial charge in [-0.15, -0.1) is 0 Å². The Morgan fingerprint density at radius 3 is 2.67 bits per heavy atom. The Morgan fingerprint density at radius 2 is 2.00 bits per heavy atom. The molecule has 0 aromatic carbocycles. The van der Waals surface area contributed by atoms with Crippen LogP contribution in [0.3, 0.4) is 0 Å². The second-order valence-corrected chi connectivity index (χ2v) is 4.97. The Balaban J connectivity index is 1.89. The number of hydrogen-bond acceptors (Lipinski definition) is 3. The van der Waals surface area contributed by atoms with Crippen molar-refractivity contribution >= 4 is 0 Å². The van der Waals surface area contributed by atoms with Gasteiger partial charge in [0, 0.05) is 18.7 Å². The number of aliphatic hydroxyl groups is 2. The molecule has 0 amide bonds. The molecule has 1 unspecified atom stereocenters. The van der Waals surface area contributed by atoms with Crippen LogP contribution in [0.5, 0.6) is 0 Å². The smallest absolute Gasteiger partial charge is 0.0695 e. The van der Waals surface area contributed by atoms with Crippen LogP contribution in [0.2, 0.25) is 0 Å². The van der Waals surface area contributed by atoms with Crippen molar-refractivity contribution < 1.29 is 10.2 Å². The van der Waals surface area contributed by atoms with Crippen molar-refractivity contribution in [3.63, 3.8) is 0 Å². The average Bonchev–Trinajstić information content (AvgIpc) is 2.82. The van der Waals surface area contributed by atoms with Crippen molar-refractivity contribution in [2.45, 2.75) is 63.1 Å². The summed E-state index contributed by atoms with van der Waals surface area (Å²) in [5.41, 5.74) is 0. The highest BCUT2D eigenvalue weighted by molar-refractivity contribution is 4.91. The van der Waals surface area contributed by atoms with Crippen molar-refractivity contribution in [1.29, 1.82) is 0 Å². The zero-order chi connectivity index (χ0) is 10.7. The molecule has 3 nitrogen and oxygen atoms in total. The van der Waals surface area contributed by atoms with Gasteiger partial charge in [-0.25, -0.2) is 0 Å². The van der Waals surface area contributed by atoms with E-state index in [1.165, 1.54) is 19.3 Å². The van der Waals surface area contributed by atoms with Gasteiger partial charge in [-0.05, 0) is 51.5 Å². The molecule has 1 aliphatic heterocycles. The molecular formula is C12H23NO2. The molecule has 0 spiro atoms. The van der Waals surface area contributed by atoms with Crippen LogP contribution in [0.4, 0.5) is 0 Å². The first-order valence-electron chi connectivity index (χ1n) is 6.37. The summed E-state index contributed by atoms with van der Waals surface area (Å²) in [4.78, 5) is 2.51. The van der Waals surface area contributed by atoms with Gasteiger partial charge in [-0.1, -0.05) is 0 Å². The first-order chi connectivity index (χ1) is 7.33. The summed E-state index contributed by atoms with van der Waals surface area (Å²) >= 11 is 0. The molecule has 0 aromatic heterocycles. The molecule has 88 valence electrons. The van der Waals surface area contributed by atoms with E-state index in [-0.39, 0.29) is 6.10 Å². The third-order valence-corrected chi connectivity index (χ3v) is 3.99. The van der Waals surface area contributed by atoms with Gasteiger partial charge in [0.25, 0.3) is 0 Å². The van der Waals surface area contributed by atoms with Gasteiger partial charge in [0.05, 0.1) is 6.10 Å². The Bertz CT molecular complexity index is 198. The molecule has 0 bridgehead atoms. The summed E-state index contributed by atoms with van der Waals surface area (Å²) in [5, 5.41) is 18.8. The fourth-order valence-electron chi connectivity index (χ4n) is 3.24. The molecule has 2 N–H and O–H groups in total. The third kappa shape index (κ3) is 2.52. The molecule has 2 aliphatic rings. The summed E-state index contributed by atoms with van der Waals surface area (Å²) in [6.07, 6.45) is 7.74. The first kappa shape index (κ1) is 11.4. The van der Waals surface area contributed by atoms with Gasteiger partial charge in [-0.3, -0.25) is 4.90 Å². The van der Waals surface area contributed by atoms with Crippen molar-refractivity contribution in [2.24, 2.45) is 0 Å². The topological polar surface area (TPSA) is 43.7 Å². The second-order valence-electron chi connectivity index (χ2n) is 4.97. The molecule has 0 aromatic rings. The normalized spacial score (nSPS) is 37.6. The number of nitrogens with zero attached hydrogens (tertiary/aromatic N) is 1. The van der Waals surface area contributed by atoms with Crippen molar-refractivity contribution in [1.82, 2.24) is 4.90 Å². The van der Waals surface area contributed by atoms with E-state index in [9.17, 15) is 5.11 Å². The second kappa shape index (κ2) is 5.28. The first-order valence-corrected chi connectivity index (χ1v) is 6.37. The van der Waals surface area contributed by atoms with Gasteiger partial charge < -0.3 is 10.2 Å². The van der Waals surface area contributed by atoms with E-state index in [0.717, 1.165) is 32.2 Å². The minimum absolute atomic E-state index is 0.0975. The van der Waals surface area contributed by atoms with Crippen LogP contribution in [0.1, 0.15) is 44.9 Å². The fourth-order valence-corrected chi connectivity index (χ4v) is 3.24. The number of likely N-dealkylation sites (tertiary alicyclic amines) is 1. The van der Waals surface area contributed by atoms with E-state index < -0.39 is 0 Å². The molecule has 3 atom stereocenters. The molecule has 2 fully saturated rings. The van der Waals surface area contributed by atoms with Gasteiger partial charge in [0.2, 0.25) is 0 Å². The molecule has 3 heteroatoms. The minimum atomic E-state index is -0.0975. The molecule has 15 heavy (non-hydrogen) atoms. The Labute approximate surface area is 92.1 Å². The van der Waals surface area contributed by atoms with E-state index in [0.29, 0.717) is 18.7 Å². The SMILES string of the molecule is OCCCC1CCCN1[C@H]1CCC[C@@H]1O. The molecule has 2 rings (SSSR count). The predicted octanol–water partition coefficient (Wildman–Crippen LogP) is 1.14. The van der Waals surface area contributed by atoms with E-state index in [4.69, 9.17) is 5.11 Å². The average molecular weight is 213 g/mol. The molecule has 0 radical (unpaired) electrons. The monoisotopic (exact) mass is 213 g/mol. The lowest BCUT2D eigenvalue weighted by molar-refractivity contribution is 0.0591. The van der Waals surface area contributed by atoms with E-state index in [1.54, 1.807) is 0 Å². The zero-order valence-corrected chi connectivity index (χ0v) is 9.44. The molecule has 1 saturated heterocycles. The number of rotatable bonds is 4. The summed E-state index contributed by atoms with van der Waals surface area (Å²) in [7, 11) is 0. The van der Waals surface area contributed by atoms with E-state index in [1.807, 2.05) is 0 Å². The molecule has 1 heterocycles. The van der Waals surface area contributed by atoms with Crippen LogP contribution >= 0.6 is 0 Å². The Hall–Kier alpha value is -0.120. The minimum Gasteiger partial charge on any atom is -0.396 e. The van der Waals surface area contributed by atoms with E-state index in [2.05, 4.69) is 4.90 Å². The van der Waals surface area contributed by atoms with Crippen molar-refractivity contribution in [2.75, 3.05) is 13.2 Å². The maximum atomic E-state index is 9.90. The van der Waals surface area contributed by atoms with Crippen molar-refractivity contribution in [3.8, 4) is 0 Å². The lowest BCUT2D eigenvalue weighted by atomic mass is 10.1. The Morgan fingerprint density at radius 1 is 1.13 bits per heavy atom. The highest BCUT2D eigenvalue weighted by Gasteiger charge is 2.36. The molecular weight excluding hydrogens is 190 g/mol. The summed E-state index contributed by atoms with van der Waals surface area (Å²) in [5.74, 6) is 0. The quantitative estimate of drug-likeness (QED) is 0.736. The summed E-state index contributed by atoms with van der Waals surface area (Å²) in [6, 6.07) is 1.03. The summed E-state index contributed by atoms with van der Waals surface area (Å²) < 4.78 is 0. The Kier molecular flexibility index (Phi) is 4.00. The molecule has 1 saturated carbocycles.